The first-order chi connectivity index (χ1) is 16.0. The van der Waals surface area contributed by atoms with Gasteiger partial charge in [0.05, 0.1) is 28.6 Å². The number of nitrogens with one attached hydrogen (secondary N) is 1. The molecule has 0 radical (unpaired) electrons. The number of anilines is 1. The van der Waals surface area contributed by atoms with Gasteiger partial charge in [-0.25, -0.2) is 16.8 Å². The molecular formula is C24H26N2O6S2. The number of hydrogen-bond donors (Lipinski definition) is 1. The molecule has 34 heavy (non-hydrogen) atoms. The van der Waals surface area contributed by atoms with E-state index >= 15 is 0 Å². The summed E-state index contributed by atoms with van der Waals surface area (Å²) in [6.45, 7) is 1.28. The van der Waals surface area contributed by atoms with Crippen molar-refractivity contribution in [3.8, 4) is 5.75 Å². The minimum atomic E-state index is -4.03. The third kappa shape index (κ3) is 5.95. The van der Waals surface area contributed by atoms with Crippen molar-refractivity contribution < 1.29 is 26.4 Å². The summed E-state index contributed by atoms with van der Waals surface area (Å²) in [4.78, 5) is 13.1. The van der Waals surface area contributed by atoms with E-state index in [-0.39, 0.29) is 9.79 Å². The Morgan fingerprint density at radius 3 is 2.00 bits per heavy atom. The van der Waals surface area contributed by atoms with Crippen LogP contribution >= 0.6 is 0 Å². The topological polar surface area (TPSA) is 110 Å². The van der Waals surface area contributed by atoms with Crippen molar-refractivity contribution in [3.05, 3.63) is 84.4 Å². The third-order valence-electron chi connectivity index (χ3n) is 5.16. The van der Waals surface area contributed by atoms with Gasteiger partial charge in [-0.2, -0.15) is 0 Å². The molecule has 0 aromatic heterocycles. The van der Waals surface area contributed by atoms with E-state index < -0.39 is 38.4 Å². The first-order valence-electron chi connectivity index (χ1n) is 10.3. The molecule has 0 spiro atoms. The molecule has 3 aromatic rings. The van der Waals surface area contributed by atoms with E-state index in [1.54, 1.807) is 61.5 Å². The Hall–Kier alpha value is -3.37. The summed E-state index contributed by atoms with van der Waals surface area (Å²) in [6, 6.07) is 19.9. The molecule has 1 N–H and O–H groups in total. The number of methoxy groups -OCH3 is 1. The van der Waals surface area contributed by atoms with E-state index in [2.05, 4.69) is 5.32 Å². The van der Waals surface area contributed by atoms with Crippen molar-refractivity contribution in [1.82, 2.24) is 5.32 Å². The highest BCUT2D eigenvalue weighted by Gasteiger charge is 2.27. The maximum absolute atomic E-state index is 13.4. The second-order valence-electron chi connectivity index (χ2n) is 7.65. The van der Waals surface area contributed by atoms with Gasteiger partial charge in [0.1, 0.15) is 12.3 Å². The highest BCUT2D eigenvalue weighted by molar-refractivity contribution is 7.93. The Kier molecular flexibility index (Phi) is 7.63. The number of sulfone groups is 1. The molecule has 0 bridgehead atoms. The molecule has 0 saturated carbocycles. The first kappa shape index (κ1) is 25.3. The van der Waals surface area contributed by atoms with Crippen LogP contribution in [0.25, 0.3) is 0 Å². The minimum absolute atomic E-state index is 0.0584. The fraction of sp³-hybridized carbons (Fsp3) is 0.208. The number of nitrogens with zero attached hydrogens (tertiary/aromatic N) is 1. The van der Waals surface area contributed by atoms with Gasteiger partial charge in [-0.3, -0.25) is 9.10 Å². The van der Waals surface area contributed by atoms with Crippen molar-refractivity contribution in [3.63, 3.8) is 0 Å². The SMILES string of the molecule is COc1ccc(N(CC(=O)N[C@H](C)c2ccc(S(C)(=O)=O)cc2)S(=O)(=O)c2ccccc2)cc1. The number of carbonyl (C=O) groups excluding carboxylic acids is 1. The summed E-state index contributed by atoms with van der Waals surface area (Å²) in [5.41, 5.74) is 0.993. The zero-order chi connectivity index (χ0) is 24.9. The van der Waals surface area contributed by atoms with Gasteiger partial charge in [0.2, 0.25) is 5.91 Å². The van der Waals surface area contributed by atoms with Gasteiger partial charge in [0.15, 0.2) is 9.84 Å². The Morgan fingerprint density at radius 1 is 0.882 bits per heavy atom. The zero-order valence-corrected chi connectivity index (χ0v) is 20.6. The summed E-state index contributed by atoms with van der Waals surface area (Å²) >= 11 is 0. The molecule has 0 aliphatic rings. The van der Waals surface area contributed by atoms with E-state index in [4.69, 9.17) is 4.74 Å². The van der Waals surface area contributed by atoms with Gasteiger partial charge in [-0.05, 0) is 61.0 Å². The van der Waals surface area contributed by atoms with Crippen LogP contribution in [0.3, 0.4) is 0 Å². The molecule has 10 heteroatoms. The van der Waals surface area contributed by atoms with Crippen molar-refractivity contribution >= 4 is 31.5 Å². The van der Waals surface area contributed by atoms with Gasteiger partial charge in [0, 0.05) is 6.26 Å². The lowest BCUT2D eigenvalue weighted by Crippen LogP contribution is -2.41. The maximum atomic E-state index is 13.4. The molecule has 0 aliphatic heterocycles. The van der Waals surface area contributed by atoms with Crippen molar-refractivity contribution in [1.29, 1.82) is 0 Å². The maximum Gasteiger partial charge on any atom is 0.264 e. The minimum Gasteiger partial charge on any atom is -0.497 e. The number of benzene rings is 3. The zero-order valence-electron chi connectivity index (χ0n) is 19.0. The van der Waals surface area contributed by atoms with Crippen LogP contribution in [0.2, 0.25) is 0 Å². The number of sulfonamides is 1. The van der Waals surface area contributed by atoms with E-state index in [0.29, 0.717) is 17.0 Å². The van der Waals surface area contributed by atoms with E-state index in [9.17, 15) is 21.6 Å². The van der Waals surface area contributed by atoms with E-state index in [0.717, 1.165) is 10.6 Å². The smallest absolute Gasteiger partial charge is 0.264 e. The summed E-state index contributed by atoms with van der Waals surface area (Å²) in [5.74, 6) is 0.0337. The number of hydrogen-bond acceptors (Lipinski definition) is 6. The largest absolute Gasteiger partial charge is 0.497 e. The molecule has 3 rings (SSSR count). The lowest BCUT2D eigenvalue weighted by Gasteiger charge is -2.25. The summed E-state index contributed by atoms with van der Waals surface area (Å²) < 4.78 is 56.2. The highest BCUT2D eigenvalue weighted by Crippen LogP contribution is 2.26. The van der Waals surface area contributed by atoms with Crippen LogP contribution in [-0.2, 0) is 24.7 Å². The predicted octanol–water partition coefficient (Wildman–Crippen LogP) is 3.17. The average molecular weight is 503 g/mol. The van der Waals surface area contributed by atoms with Gasteiger partial charge in [-0.15, -0.1) is 0 Å². The number of rotatable bonds is 9. The van der Waals surface area contributed by atoms with Crippen LogP contribution < -0.4 is 14.4 Å². The second-order valence-corrected chi connectivity index (χ2v) is 11.5. The molecule has 1 amide bonds. The second kappa shape index (κ2) is 10.3. The molecule has 1 atom stereocenters. The fourth-order valence-corrected chi connectivity index (χ4v) is 5.36. The van der Waals surface area contributed by atoms with Gasteiger partial charge in [0.25, 0.3) is 10.0 Å². The molecule has 0 unspecified atom stereocenters. The lowest BCUT2D eigenvalue weighted by molar-refractivity contribution is -0.120. The quantitative estimate of drug-likeness (QED) is 0.481. The van der Waals surface area contributed by atoms with Crippen LogP contribution in [0.5, 0.6) is 5.75 Å². The number of carbonyl (C=O) groups is 1. The van der Waals surface area contributed by atoms with Gasteiger partial charge < -0.3 is 10.1 Å². The summed E-state index contributed by atoms with van der Waals surface area (Å²) in [6.07, 6.45) is 1.12. The fourth-order valence-electron chi connectivity index (χ4n) is 3.29. The number of ether oxygens (including phenoxy) is 1. The van der Waals surface area contributed by atoms with Crippen LogP contribution in [0.1, 0.15) is 18.5 Å². The van der Waals surface area contributed by atoms with Gasteiger partial charge >= 0.3 is 0 Å². The Labute approximate surface area is 200 Å². The number of amides is 1. The van der Waals surface area contributed by atoms with Crippen molar-refractivity contribution in [2.75, 3.05) is 24.2 Å². The summed E-state index contributed by atoms with van der Waals surface area (Å²) in [7, 11) is -5.85. The standard InChI is InChI=1S/C24H26N2O6S2/c1-18(19-9-15-22(16-10-19)33(3,28)29)25-24(27)17-26(20-11-13-21(32-2)14-12-20)34(30,31)23-7-5-4-6-8-23/h4-16,18H,17H2,1-3H3,(H,25,27)/t18-/m1/s1. The highest BCUT2D eigenvalue weighted by atomic mass is 32.2. The molecule has 0 fully saturated rings. The first-order valence-corrected chi connectivity index (χ1v) is 13.7. The molecule has 0 saturated heterocycles. The lowest BCUT2D eigenvalue weighted by atomic mass is 10.1. The Morgan fingerprint density at radius 2 is 1.47 bits per heavy atom. The molecular weight excluding hydrogens is 476 g/mol. The molecule has 0 heterocycles. The van der Waals surface area contributed by atoms with Crippen LogP contribution in [0, 0.1) is 0 Å². The van der Waals surface area contributed by atoms with Crippen molar-refractivity contribution in [2.24, 2.45) is 0 Å². The van der Waals surface area contributed by atoms with Gasteiger partial charge in [-0.1, -0.05) is 30.3 Å². The molecule has 8 nitrogen and oxygen atoms in total. The predicted molar refractivity (Wildman–Crippen MR) is 130 cm³/mol. The van der Waals surface area contributed by atoms with Crippen LogP contribution in [0.15, 0.2) is 88.7 Å². The van der Waals surface area contributed by atoms with E-state index in [1.807, 2.05) is 0 Å². The normalized spacial score (nSPS) is 12.6. The van der Waals surface area contributed by atoms with Crippen LogP contribution in [-0.4, -0.2) is 42.7 Å². The Balaban J connectivity index is 1.84. The monoisotopic (exact) mass is 502 g/mol. The third-order valence-corrected chi connectivity index (χ3v) is 8.08. The molecule has 180 valence electrons. The average Bonchev–Trinajstić information content (AvgIpc) is 2.82. The molecule has 3 aromatic carbocycles. The van der Waals surface area contributed by atoms with Crippen LogP contribution in [0.4, 0.5) is 5.69 Å². The summed E-state index contributed by atoms with van der Waals surface area (Å²) in [5, 5.41) is 2.78. The van der Waals surface area contributed by atoms with E-state index in [1.165, 1.54) is 31.4 Å². The molecule has 0 aliphatic carbocycles. The Bertz CT molecular complexity index is 1340. The van der Waals surface area contributed by atoms with Crippen molar-refractivity contribution in [2.45, 2.75) is 22.8 Å².